The standard InChI is InChI=1S/C15H16FN3O2S/c1-2-7-17-13(20)8-18-14(21)12-9-22-15(19-12)10-3-5-11(16)6-4-10/h3-6,9H,2,7-8H2,1H3,(H,17,20)(H,18,21). The molecule has 0 saturated heterocycles. The number of amides is 2. The number of hydrogen-bond donors (Lipinski definition) is 2. The van der Waals surface area contributed by atoms with E-state index in [1.165, 1.54) is 23.5 Å². The van der Waals surface area contributed by atoms with Gasteiger partial charge in [0.1, 0.15) is 16.5 Å². The molecule has 7 heteroatoms. The third-order valence-corrected chi connectivity index (χ3v) is 3.70. The number of rotatable bonds is 6. The molecule has 5 nitrogen and oxygen atoms in total. The fourth-order valence-corrected chi connectivity index (χ4v) is 2.49. The molecular formula is C15H16FN3O2S. The van der Waals surface area contributed by atoms with Crippen molar-refractivity contribution in [3.05, 3.63) is 41.2 Å². The van der Waals surface area contributed by atoms with E-state index in [1.54, 1.807) is 17.5 Å². The number of carbonyl (C=O) groups excluding carboxylic acids is 2. The monoisotopic (exact) mass is 321 g/mol. The maximum atomic E-state index is 12.9. The quantitative estimate of drug-likeness (QED) is 0.857. The molecule has 2 aromatic rings. The number of benzene rings is 1. The van der Waals surface area contributed by atoms with Crippen molar-refractivity contribution in [3.63, 3.8) is 0 Å². The van der Waals surface area contributed by atoms with Crippen LogP contribution in [0, 0.1) is 5.82 Å². The van der Waals surface area contributed by atoms with E-state index in [0.29, 0.717) is 11.6 Å². The van der Waals surface area contributed by atoms with Crippen LogP contribution >= 0.6 is 11.3 Å². The summed E-state index contributed by atoms with van der Waals surface area (Å²) in [6.45, 7) is 2.45. The molecule has 0 unspecified atom stereocenters. The molecule has 0 saturated carbocycles. The lowest BCUT2D eigenvalue weighted by Crippen LogP contribution is -2.37. The molecule has 0 fully saturated rings. The fraction of sp³-hybridized carbons (Fsp3) is 0.267. The van der Waals surface area contributed by atoms with Crippen LogP contribution in [0.4, 0.5) is 4.39 Å². The van der Waals surface area contributed by atoms with Gasteiger partial charge in [0.15, 0.2) is 0 Å². The highest BCUT2D eigenvalue weighted by molar-refractivity contribution is 7.13. The molecule has 1 aromatic heterocycles. The van der Waals surface area contributed by atoms with E-state index in [2.05, 4.69) is 15.6 Å². The van der Waals surface area contributed by atoms with E-state index in [1.807, 2.05) is 6.92 Å². The topological polar surface area (TPSA) is 71.1 Å². The molecular weight excluding hydrogens is 305 g/mol. The van der Waals surface area contributed by atoms with Gasteiger partial charge in [-0.3, -0.25) is 9.59 Å². The first-order valence-electron chi connectivity index (χ1n) is 6.86. The second-order valence-corrected chi connectivity index (χ2v) is 5.44. The first-order chi connectivity index (χ1) is 10.6. The van der Waals surface area contributed by atoms with Crippen molar-refractivity contribution in [3.8, 4) is 10.6 Å². The number of nitrogens with one attached hydrogen (secondary N) is 2. The minimum absolute atomic E-state index is 0.0811. The molecule has 1 heterocycles. The lowest BCUT2D eigenvalue weighted by Gasteiger charge is -2.04. The van der Waals surface area contributed by atoms with Gasteiger partial charge < -0.3 is 10.6 Å². The van der Waals surface area contributed by atoms with E-state index < -0.39 is 5.91 Å². The van der Waals surface area contributed by atoms with Gasteiger partial charge in [0.2, 0.25) is 5.91 Å². The Morgan fingerprint density at radius 1 is 1.23 bits per heavy atom. The first-order valence-corrected chi connectivity index (χ1v) is 7.74. The van der Waals surface area contributed by atoms with Crippen LogP contribution in [-0.4, -0.2) is 29.9 Å². The van der Waals surface area contributed by atoms with Gasteiger partial charge in [-0.15, -0.1) is 11.3 Å². The summed E-state index contributed by atoms with van der Waals surface area (Å²) in [5, 5.41) is 7.42. The van der Waals surface area contributed by atoms with Gasteiger partial charge in [0, 0.05) is 17.5 Å². The van der Waals surface area contributed by atoms with Crippen LogP contribution in [0.15, 0.2) is 29.6 Å². The average molecular weight is 321 g/mol. The highest BCUT2D eigenvalue weighted by Crippen LogP contribution is 2.23. The summed E-state index contributed by atoms with van der Waals surface area (Å²) >= 11 is 1.29. The molecule has 2 rings (SSSR count). The van der Waals surface area contributed by atoms with E-state index in [4.69, 9.17) is 0 Å². The minimum Gasteiger partial charge on any atom is -0.355 e. The summed E-state index contributed by atoms with van der Waals surface area (Å²) in [6.07, 6.45) is 0.840. The zero-order chi connectivity index (χ0) is 15.9. The van der Waals surface area contributed by atoms with Crippen LogP contribution in [0.25, 0.3) is 10.6 Å². The molecule has 0 atom stereocenters. The molecule has 1 aromatic carbocycles. The van der Waals surface area contributed by atoms with Crippen molar-refractivity contribution in [2.45, 2.75) is 13.3 Å². The molecule has 0 aliphatic rings. The molecule has 0 radical (unpaired) electrons. The number of thiazole rings is 1. The molecule has 2 N–H and O–H groups in total. The van der Waals surface area contributed by atoms with Gasteiger partial charge >= 0.3 is 0 Å². The lowest BCUT2D eigenvalue weighted by molar-refractivity contribution is -0.120. The van der Waals surface area contributed by atoms with Crippen LogP contribution in [-0.2, 0) is 4.79 Å². The maximum absolute atomic E-state index is 12.9. The summed E-state index contributed by atoms with van der Waals surface area (Å²) in [6, 6.07) is 5.89. The lowest BCUT2D eigenvalue weighted by atomic mass is 10.2. The Balaban J connectivity index is 1.94. The average Bonchev–Trinajstić information content (AvgIpc) is 3.01. The van der Waals surface area contributed by atoms with Crippen molar-refractivity contribution in [2.24, 2.45) is 0 Å². The van der Waals surface area contributed by atoms with Gasteiger partial charge in [-0.05, 0) is 30.7 Å². The van der Waals surface area contributed by atoms with Crippen LogP contribution in [0.2, 0.25) is 0 Å². The van der Waals surface area contributed by atoms with Crippen LogP contribution in [0.5, 0.6) is 0 Å². The zero-order valence-electron chi connectivity index (χ0n) is 12.1. The second-order valence-electron chi connectivity index (χ2n) is 4.58. The van der Waals surface area contributed by atoms with Crippen LogP contribution < -0.4 is 10.6 Å². The number of carbonyl (C=O) groups is 2. The Morgan fingerprint density at radius 2 is 1.95 bits per heavy atom. The van der Waals surface area contributed by atoms with Gasteiger partial charge in [0.05, 0.1) is 6.54 Å². The number of aromatic nitrogens is 1. The number of halogens is 1. The van der Waals surface area contributed by atoms with Crippen molar-refractivity contribution in [2.75, 3.05) is 13.1 Å². The predicted molar refractivity (Wildman–Crippen MR) is 83.1 cm³/mol. The maximum Gasteiger partial charge on any atom is 0.271 e. The smallest absolute Gasteiger partial charge is 0.271 e. The van der Waals surface area contributed by atoms with Crippen molar-refractivity contribution < 1.29 is 14.0 Å². The van der Waals surface area contributed by atoms with Gasteiger partial charge in [-0.25, -0.2) is 9.37 Å². The number of nitrogens with zero attached hydrogens (tertiary/aromatic N) is 1. The Bertz CT molecular complexity index is 655. The van der Waals surface area contributed by atoms with Crippen molar-refractivity contribution >= 4 is 23.2 Å². The SMILES string of the molecule is CCCNC(=O)CNC(=O)c1csc(-c2ccc(F)cc2)n1. The van der Waals surface area contributed by atoms with Gasteiger partial charge in [-0.1, -0.05) is 6.92 Å². The Labute approximate surface area is 131 Å². The summed E-state index contributed by atoms with van der Waals surface area (Å²) in [4.78, 5) is 27.5. The van der Waals surface area contributed by atoms with Crippen molar-refractivity contribution in [1.29, 1.82) is 0 Å². The molecule has 0 spiro atoms. The molecule has 22 heavy (non-hydrogen) atoms. The van der Waals surface area contributed by atoms with Gasteiger partial charge in [0.25, 0.3) is 5.91 Å². The molecule has 116 valence electrons. The van der Waals surface area contributed by atoms with Crippen molar-refractivity contribution in [1.82, 2.24) is 15.6 Å². The van der Waals surface area contributed by atoms with E-state index in [9.17, 15) is 14.0 Å². The Kier molecular flexibility index (Phi) is 5.60. The third-order valence-electron chi connectivity index (χ3n) is 2.81. The molecule has 2 amide bonds. The van der Waals surface area contributed by atoms with E-state index in [-0.39, 0.29) is 24.0 Å². The summed E-state index contributed by atoms with van der Waals surface area (Å²) in [5.41, 5.74) is 0.985. The Hall–Kier alpha value is -2.28. The highest BCUT2D eigenvalue weighted by atomic mass is 32.1. The summed E-state index contributed by atoms with van der Waals surface area (Å²) in [5.74, 6) is -0.961. The van der Waals surface area contributed by atoms with E-state index >= 15 is 0 Å². The summed E-state index contributed by atoms with van der Waals surface area (Å²) in [7, 11) is 0. The first kappa shape index (κ1) is 16.1. The zero-order valence-corrected chi connectivity index (χ0v) is 12.9. The normalized spacial score (nSPS) is 10.3. The molecule has 0 bridgehead atoms. The van der Waals surface area contributed by atoms with Gasteiger partial charge in [-0.2, -0.15) is 0 Å². The summed E-state index contributed by atoms with van der Waals surface area (Å²) < 4.78 is 12.9. The molecule has 0 aliphatic carbocycles. The van der Waals surface area contributed by atoms with E-state index in [0.717, 1.165) is 12.0 Å². The fourth-order valence-electron chi connectivity index (χ4n) is 1.68. The highest BCUT2D eigenvalue weighted by Gasteiger charge is 2.12. The third kappa shape index (κ3) is 4.36. The van der Waals surface area contributed by atoms with Crippen LogP contribution in [0.3, 0.4) is 0 Å². The second kappa shape index (κ2) is 7.65. The Morgan fingerprint density at radius 3 is 2.64 bits per heavy atom. The molecule has 0 aliphatic heterocycles. The van der Waals surface area contributed by atoms with Crippen LogP contribution in [0.1, 0.15) is 23.8 Å². The largest absolute Gasteiger partial charge is 0.355 e. The minimum atomic E-state index is -0.406. The number of hydrogen-bond acceptors (Lipinski definition) is 4. The predicted octanol–water partition coefficient (Wildman–Crippen LogP) is 2.21.